The van der Waals surface area contributed by atoms with Crippen LogP contribution < -0.4 is 5.32 Å². The van der Waals surface area contributed by atoms with Gasteiger partial charge in [0.25, 0.3) is 0 Å². The zero-order chi connectivity index (χ0) is 17.0. The molecule has 2 rings (SSSR count). The number of hydrogen-bond acceptors (Lipinski definition) is 3. The van der Waals surface area contributed by atoms with Crippen LogP contribution in [0.1, 0.15) is 38.2 Å². The van der Waals surface area contributed by atoms with Crippen LogP contribution in [0.15, 0.2) is 29.8 Å². The number of carbonyl (C=O) groups excluding carboxylic acids is 1. The van der Waals surface area contributed by atoms with E-state index in [2.05, 4.69) is 15.5 Å². The highest BCUT2D eigenvalue weighted by molar-refractivity contribution is 7.71. The summed E-state index contributed by atoms with van der Waals surface area (Å²) in [5.74, 6) is 0.526. The molecule has 0 aliphatic carbocycles. The number of benzene rings is 1. The summed E-state index contributed by atoms with van der Waals surface area (Å²) >= 11 is 11.3. The van der Waals surface area contributed by atoms with E-state index in [9.17, 15) is 4.79 Å². The molecule has 0 aliphatic heterocycles. The number of nitrogens with zero attached hydrogens (tertiary/aromatic N) is 2. The van der Waals surface area contributed by atoms with Crippen molar-refractivity contribution in [1.82, 2.24) is 20.1 Å². The van der Waals surface area contributed by atoms with E-state index < -0.39 is 0 Å². The van der Waals surface area contributed by atoms with E-state index in [0.717, 1.165) is 5.56 Å². The van der Waals surface area contributed by atoms with Crippen molar-refractivity contribution in [3.63, 3.8) is 0 Å². The number of hydrogen-bond donors (Lipinski definition) is 2. The number of halogens is 1. The van der Waals surface area contributed by atoms with Gasteiger partial charge < -0.3 is 9.88 Å². The predicted molar refractivity (Wildman–Crippen MR) is 94.7 cm³/mol. The third-order valence-corrected chi connectivity index (χ3v) is 3.97. The van der Waals surface area contributed by atoms with Crippen LogP contribution in [-0.2, 0) is 11.3 Å². The quantitative estimate of drug-likeness (QED) is 0.635. The topological polar surface area (TPSA) is 62.7 Å². The molecular weight excluding hydrogens is 332 g/mol. The van der Waals surface area contributed by atoms with Crippen molar-refractivity contribution in [1.29, 1.82) is 0 Å². The van der Waals surface area contributed by atoms with Crippen molar-refractivity contribution in [2.75, 3.05) is 0 Å². The maximum absolute atomic E-state index is 12.2. The Hall–Kier alpha value is -1.92. The first-order valence-electron chi connectivity index (χ1n) is 7.27. The molecule has 0 spiro atoms. The highest BCUT2D eigenvalue weighted by Gasteiger charge is 2.11. The first-order valence-corrected chi connectivity index (χ1v) is 8.05. The summed E-state index contributed by atoms with van der Waals surface area (Å²) in [6.07, 6.45) is 1.76. The Morgan fingerprint density at radius 3 is 2.83 bits per heavy atom. The van der Waals surface area contributed by atoms with E-state index in [1.165, 1.54) is 0 Å². The van der Waals surface area contributed by atoms with E-state index in [1.807, 2.05) is 36.6 Å². The molecule has 0 atom stereocenters. The van der Waals surface area contributed by atoms with Crippen LogP contribution in [0.2, 0.25) is 5.02 Å². The van der Waals surface area contributed by atoms with E-state index in [1.54, 1.807) is 19.1 Å². The van der Waals surface area contributed by atoms with Crippen molar-refractivity contribution in [2.24, 2.45) is 0 Å². The molecule has 23 heavy (non-hydrogen) atoms. The summed E-state index contributed by atoms with van der Waals surface area (Å²) in [4.78, 5) is 12.2. The average molecular weight is 351 g/mol. The summed E-state index contributed by atoms with van der Waals surface area (Å²) in [7, 11) is 0. The smallest absolute Gasteiger partial charge is 0.247 e. The molecule has 1 aromatic carbocycles. The van der Waals surface area contributed by atoms with Crippen molar-refractivity contribution in [3.05, 3.63) is 51.0 Å². The van der Waals surface area contributed by atoms with Crippen molar-refractivity contribution in [2.45, 2.75) is 33.4 Å². The molecule has 1 amide bonds. The fourth-order valence-electron chi connectivity index (χ4n) is 2.18. The standard InChI is InChI=1S/C16H19ClN4OS/c1-10(2)21-14(19-20-16(21)23)9-18-15(22)11(3)8-12-6-4-5-7-13(12)17/h4-8,10H,9H2,1-3H3,(H,18,22)(H,20,23). The molecule has 1 aromatic heterocycles. The molecule has 122 valence electrons. The van der Waals surface area contributed by atoms with Gasteiger partial charge in [-0.15, -0.1) is 0 Å². The zero-order valence-electron chi connectivity index (χ0n) is 13.3. The number of nitrogens with one attached hydrogen (secondary N) is 2. The molecule has 2 N–H and O–H groups in total. The second kappa shape index (κ2) is 7.57. The molecule has 0 radical (unpaired) electrons. The van der Waals surface area contributed by atoms with Gasteiger partial charge in [0, 0.05) is 16.6 Å². The van der Waals surface area contributed by atoms with Crippen LogP contribution in [0.5, 0.6) is 0 Å². The molecule has 1 heterocycles. The Balaban J connectivity index is 2.08. The maximum atomic E-state index is 12.2. The fraction of sp³-hybridized carbons (Fsp3) is 0.312. The lowest BCUT2D eigenvalue weighted by Gasteiger charge is -2.11. The van der Waals surface area contributed by atoms with E-state index >= 15 is 0 Å². The average Bonchev–Trinajstić information content (AvgIpc) is 2.88. The fourth-order valence-corrected chi connectivity index (χ4v) is 2.74. The van der Waals surface area contributed by atoms with Crippen molar-refractivity contribution >= 4 is 35.8 Å². The summed E-state index contributed by atoms with van der Waals surface area (Å²) in [5.41, 5.74) is 1.38. The van der Waals surface area contributed by atoms with Crippen LogP contribution >= 0.6 is 23.8 Å². The lowest BCUT2D eigenvalue weighted by Crippen LogP contribution is -2.25. The monoisotopic (exact) mass is 350 g/mol. The Morgan fingerprint density at radius 2 is 2.17 bits per heavy atom. The van der Waals surface area contributed by atoms with Gasteiger partial charge in [-0.3, -0.25) is 9.89 Å². The van der Waals surface area contributed by atoms with E-state index in [-0.39, 0.29) is 11.9 Å². The van der Waals surface area contributed by atoms with Gasteiger partial charge in [-0.05, 0) is 50.7 Å². The Bertz CT molecular complexity index is 791. The SMILES string of the molecule is CC(=Cc1ccccc1Cl)C(=O)NCc1n[nH]c(=S)n1C(C)C. The van der Waals surface area contributed by atoms with Crippen molar-refractivity contribution in [3.8, 4) is 0 Å². The molecule has 0 fully saturated rings. The highest BCUT2D eigenvalue weighted by Crippen LogP contribution is 2.18. The van der Waals surface area contributed by atoms with Gasteiger partial charge >= 0.3 is 0 Å². The van der Waals surface area contributed by atoms with Crippen molar-refractivity contribution < 1.29 is 4.79 Å². The van der Waals surface area contributed by atoms with Gasteiger partial charge in [0.15, 0.2) is 10.6 Å². The molecule has 0 aliphatic rings. The molecule has 0 saturated heterocycles. The minimum absolute atomic E-state index is 0.172. The number of aromatic nitrogens is 3. The van der Waals surface area contributed by atoms with Crippen LogP contribution in [0, 0.1) is 4.77 Å². The molecular formula is C16H19ClN4OS. The summed E-state index contributed by atoms with van der Waals surface area (Å²) < 4.78 is 2.43. The summed E-state index contributed by atoms with van der Waals surface area (Å²) in [5, 5.41) is 10.4. The van der Waals surface area contributed by atoms with Gasteiger partial charge in [-0.1, -0.05) is 29.8 Å². The number of aromatic amines is 1. The minimum Gasteiger partial charge on any atom is -0.345 e. The molecule has 7 heteroatoms. The molecule has 0 saturated carbocycles. The number of rotatable bonds is 5. The van der Waals surface area contributed by atoms with Gasteiger partial charge in [0.2, 0.25) is 5.91 Å². The predicted octanol–water partition coefficient (Wildman–Crippen LogP) is 3.89. The Labute approximate surface area is 145 Å². The maximum Gasteiger partial charge on any atom is 0.247 e. The van der Waals surface area contributed by atoms with Gasteiger partial charge in [-0.25, -0.2) is 0 Å². The minimum atomic E-state index is -0.172. The lowest BCUT2D eigenvalue weighted by atomic mass is 10.1. The number of H-pyrrole nitrogens is 1. The van der Waals surface area contributed by atoms with E-state index in [4.69, 9.17) is 23.8 Å². The van der Waals surface area contributed by atoms with Gasteiger partial charge in [0.1, 0.15) is 0 Å². The van der Waals surface area contributed by atoms with Crippen LogP contribution in [0.3, 0.4) is 0 Å². The summed E-state index contributed by atoms with van der Waals surface area (Å²) in [6, 6.07) is 7.56. The third kappa shape index (κ3) is 4.30. The largest absolute Gasteiger partial charge is 0.345 e. The van der Waals surface area contributed by atoms with Gasteiger partial charge in [-0.2, -0.15) is 5.10 Å². The van der Waals surface area contributed by atoms with Gasteiger partial charge in [0.05, 0.1) is 6.54 Å². The molecule has 5 nitrogen and oxygen atoms in total. The normalized spacial score (nSPS) is 11.8. The van der Waals surface area contributed by atoms with E-state index in [0.29, 0.717) is 27.7 Å². The third-order valence-electron chi connectivity index (χ3n) is 3.34. The van der Waals surface area contributed by atoms with Crippen LogP contribution in [0.25, 0.3) is 6.08 Å². The Morgan fingerprint density at radius 1 is 1.48 bits per heavy atom. The zero-order valence-corrected chi connectivity index (χ0v) is 14.8. The van der Waals surface area contributed by atoms with Crippen LogP contribution in [-0.4, -0.2) is 20.7 Å². The number of amides is 1. The lowest BCUT2D eigenvalue weighted by molar-refractivity contribution is -0.117. The molecule has 0 unspecified atom stereocenters. The Kier molecular flexibility index (Phi) is 5.74. The van der Waals surface area contributed by atoms with Crippen LogP contribution in [0.4, 0.5) is 0 Å². The first-order chi connectivity index (χ1) is 10.9. The number of carbonyl (C=O) groups is 1. The summed E-state index contributed by atoms with van der Waals surface area (Å²) in [6.45, 7) is 6.08. The first kappa shape index (κ1) is 17.4. The second-order valence-electron chi connectivity index (χ2n) is 5.44. The molecule has 0 bridgehead atoms. The highest BCUT2D eigenvalue weighted by atomic mass is 35.5. The second-order valence-corrected chi connectivity index (χ2v) is 6.23. The molecule has 2 aromatic rings.